The van der Waals surface area contributed by atoms with Crippen LogP contribution in [-0.2, 0) is 4.79 Å². The number of hydrogen-bond acceptors (Lipinski definition) is 4. The summed E-state index contributed by atoms with van der Waals surface area (Å²) in [6.07, 6.45) is 0. The van der Waals surface area contributed by atoms with Crippen molar-refractivity contribution in [1.82, 2.24) is 0 Å². The molecule has 2 N–H and O–H groups in total. The van der Waals surface area contributed by atoms with Crippen molar-refractivity contribution >= 4 is 24.2 Å². The lowest BCUT2D eigenvalue weighted by Gasteiger charge is -2.05. The molecule has 0 bridgehead atoms. The van der Waals surface area contributed by atoms with Crippen LogP contribution in [0.3, 0.4) is 0 Å². The second-order valence-corrected chi connectivity index (χ2v) is 3.17. The number of hydrogen-bond donors (Lipinski definition) is 2. The number of rotatable bonds is 3. The molecule has 0 aromatic heterocycles. The molecule has 14 heavy (non-hydrogen) atoms. The Balaban J connectivity index is 3.05. The number of benzene rings is 1. The molecule has 0 aliphatic heterocycles. The summed E-state index contributed by atoms with van der Waals surface area (Å²) in [6.45, 7) is 0. The first-order valence-electron chi connectivity index (χ1n) is 3.74. The number of amides is 1. The minimum Gasteiger partial charge on any atom is -0.368 e. The predicted octanol–water partition coefficient (Wildman–Crippen LogP) is 1.05. The van der Waals surface area contributed by atoms with E-state index in [0.29, 0.717) is 5.56 Å². The Labute approximate surface area is 85.5 Å². The van der Waals surface area contributed by atoms with Gasteiger partial charge in [-0.1, -0.05) is 12.1 Å². The number of carbonyl (C=O) groups excluding carboxylic acids is 1. The van der Waals surface area contributed by atoms with Gasteiger partial charge in [0.15, 0.2) is 0 Å². The second kappa shape index (κ2) is 4.10. The third-order valence-electron chi connectivity index (χ3n) is 1.67. The van der Waals surface area contributed by atoms with Gasteiger partial charge in [-0.2, -0.15) is 12.6 Å². The average Bonchev–Trinajstić information content (AvgIpc) is 2.16. The van der Waals surface area contributed by atoms with Gasteiger partial charge >= 0.3 is 0 Å². The summed E-state index contributed by atoms with van der Waals surface area (Å²) in [5.41, 5.74) is 5.35. The van der Waals surface area contributed by atoms with Crippen molar-refractivity contribution in [3.05, 3.63) is 39.9 Å². The molecule has 1 atom stereocenters. The first-order chi connectivity index (χ1) is 6.52. The largest absolute Gasteiger partial charge is 0.368 e. The highest BCUT2D eigenvalue weighted by atomic mass is 32.1. The lowest BCUT2D eigenvalue weighted by Crippen LogP contribution is -2.17. The van der Waals surface area contributed by atoms with Crippen molar-refractivity contribution in [3.8, 4) is 0 Å². The fourth-order valence-corrected chi connectivity index (χ4v) is 1.13. The van der Waals surface area contributed by atoms with Gasteiger partial charge < -0.3 is 5.73 Å². The Hall–Kier alpha value is -1.56. The summed E-state index contributed by atoms with van der Waals surface area (Å²) in [5.74, 6) is -0.631. The normalized spacial score (nSPS) is 12.1. The quantitative estimate of drug-likeness (QED) is 0.446. The number of nitrogens with two attached hydrogens (primary N) is 1. The van der Waals surface area contributed by atoms with Crippen molar-refractivity contribution in [3.63, 3.8) is 0 Å². The Kier molecular flexibility index (Phi) is 3.08. The lowest BCUT2D eigenvalue weighted by molar-refractivity contribution is -0.384. The number of non-ortho nitro benzene ring substituents is 1. The summed E-state index contributed by atoms with van der Waals surface area (Å²) < 4.78 is 0. The predicted molar refractivity (Wildman–Crippen MR) is 54.0 cm³/mol. The van der Waals surface area contributed by atoms with E-state index >= 15 is 0 Å². The van der Waals surface area contributed by atoms with Gasteiger partial charge in [0.2, 0.25) is 5.91 Å². The van der Waals surface area contributed by atoms with Crippen LogP contribution in [0.5, 0.6) is 0 Å². The van der Waals surface area contributed by atoms with E-state index in [2.05, 4.69) is 12.6 Å². The molecule has 0 heterocycles. The highest BCUT2D eigenvalue weighted by Crippen LogP contribution is 2.23. The van der Waals surface area contributed by atoms with Crippen LogP contribution in [0, 0.1) is 10.1 Å². The molecule has 74 valence electrons. The van der Waals surface area contributed by atoms with E-state index in [-0.39, 0.29) is 5.69 Å². The summed E-state index contributed by atoms with van der Waals surface area (Å²) >= 11 is 3.93. The third-order valence-corrected chi connectivity index (χ3v) is 2.22. The number of nitrogens with zero attached hydrogens (tertiary/aromatic N) is 1. The topological polar surface area (TPSA) is 86.2 Å². The minimum atomic E-state index is -0.810. The SMILES string of the molecule is NC(=O)C(S)c1cccc([N+](=O)[O-])c1. The molecule has 5 nitrogen and oxygen atoms in total. The molecule has 1 rings (SSSR count). The minimum absolute atomic E-state index is 0.0807. The van der Waals surface area contributed by atoms with Crippen LogP contribution in [0.1, 0.15) is 10.8 Å². The number of thiol groups is 1. The maximum atomic E-state index is 10.8. The molecule has 0 fully saturated rings. The molecule has 1 amide bonds. The lowest BCUT2D eigenvalue weighted by atomic mass is 10.1. The van der Waals surface area contributed by atoms with E-state index < -0.39 is 16.1 Å². The summed E-state index contributed by atoms with van der Waals surface area (Å²) in [5, 5.41) is 9.60. The molecule has 0 spiro atoms. The molecular formula is C8H8N2O3S. The van der Waals surface area contributed by atoms with E-state index in [1.165, 1.54) is 18.2 Å². The van der Waals surface area contributed by atoms with Crippen LogP contribution in [-0.4, -0.2) is 10.8 Å². The molecule has 0 saturated heterocycles. The van der Waals surface area contributed by atoms with Crippen LogP contribution < -0.4 is 5.73 Å². The van der Waals surface area contributed by atoms with E-state index in [1.54, 1.807) is 6.07 Å². The monoisotopic (exact) mass is 212 g/mol. The van der Waals surface area contributed by atoms with Crippen molar-refractivity contribution in [1.29, 1.82) is 0 Å². The second-order valence-electron chi connectivity index (χ2n) is 2.66. The van der Waals surface area contributed by atoms with Crippen molar-refractivity contribution in [2.45, 2.75) is 5.25 Å². The summed E-state index contributed by atoms with van der Waals surface area (Å²) in [6, 6.07) is 5.67. The van der Waals surface area contributed by atoms with E-state index in [1.807, 2.05) is 0 Å². The smallest absolute Gasteiger partial charge is 0.269 e. The van der Waals surface area contributed by atoms with Gasteiger partial charge in [-0.15, -0.1) is 0 Å². The van der Waals surface area contributed by atoms with Crippen molar-refractivity contribution < 1.29 is 9.72 Å². The first-order valence-corrected chi connectivity index (χ1v) is 4.25. The maximum Gasteiger partial charge on any atom is 0.269 e. The molecule has 1 aromatic rings. The molecule has 6 heteroatoms. The molecule has 1 aromatic carbocycles. The van der Waals surface area contributed by atoms with Crippen LogP contribution in [0.2, 0.25) is 0 Å². The molecule has 0 aliphatic carbocycles. The highest BCUT2D eigenvalue weighted by molar-refractivity contribution is 7.81. The molecular weight excluding hydrogens is 204 g/mol. The van der Waals surface area contributed by atoms with Gasteiger partial charge in [-0.3, -0.25) is 14.9 Å². The zero-order chi connectivity index (χ0) is 10.7. The van der Waals surface area contributed by atoms with Gasteiger partial charge in [-0.05, 0) is 5.56 Å². The van der Waals surface area contributed by atoms with Crippen LogP contribution in [0.15, 0.2) is 24.3 Å². The van der Waals surface area contributed by atoms with Crippen LogP contribution >= 0.6 is 12.6 Å². The van der Waals surface area contributed by atoms with Gasteiger partial charge in [0.05, 0.1) is 4.92 Å². The maximum absolute atomic E-state index is 10.8. The Bertz CT molecular complexity index is 381. The fraction of sp³-hybridized carbons (Fsp3) is 0.125. The zero-order valence-electron chi connectivity index (χ0n) is 7.08. The fourth-order valence-electron chi connectivity index (χ4n) is 0.973. The summed E-state index contributed by atoms with van der Waals surface area (Å²) in [4.78, 5) is 20.6. The Morgan fingerprint density at radius 1 is 1.57 bits per heavy atom. The Morgan fingerprint density at radius 3 is 2.71 bits per heavy atom. The van der Waals surface area contributed by atoms with E-state index in [4.69, 9.17) is 5.73 Å². The van der Waals surface area contributed by atoms with Gasteiger partial charge in [0, 0.05) is 12.1 Å². The number of nitro groups is 1. The highest BCUT2D eigenvalue weighted by Gasteiger charge is 2.15. The van der Waals surface area contributed by atoms with E-state index in [0.717, 1.165) is 0 Å². The Morgan fingerprint density at radius 2 is 2.21 bits per heavy atom. The van der Waals surface area contributed by atoms with Gasteiger partial charge in [0.1, 0.15) is 5.25 Å². The average molecular weight is 212 g/mol. The van der Waals surface area contributed by atoms with Crippen molar-refractivity contribution in [2.24, 2.45) is 5.73 Å². The number of primary amides is 1. The van der Waals surface area contributed by atoms with Gasteiger partial charge in [-0.25, -0.2) is 0 Å². The summed E-state index contributed by atoms with van der Waals surface area (Å²) in [7, 11) is 0. The third kappa shape index (κ3) is 2.23. The zero-order valence-corrected chi connectivity index (χ0v) is 7.98. The van der Waals surface area contributed by atoms with Crippen LogP contribution in [0.25, 0.3) is 0 Å². The van der Waals surface area contributed by atoms with Gasteiger partial charge in [0.25, 0.3) is 5.69 Å². The standard InChI is InChI=1S/C8H8N2O3S/c9-8(11)7(14)5-2-1-3-6(4-5)10(12)13/h1-4,7,14H,(H2,9,11). The molecule has 0 radical (unpaired) electrons. The first kappa shape index (κ1) is 10.5. The van der Waals surface area contributed by atoms with E-state index in [9.17, 15) is 14.9 Å². The van der Waals surface area contributed by atoms with Crippen molar-refractivity contribution in [2.75, 3.05) is 0 Å². The number of carbonyl (C=O) groups is 1. The molecule has 1 unspecified atom stereocenters. The molecule has 0 aliphatic rings. The molecule has 0 saturated carbocycles. The van der Waals surface area contributed by atoms with Crippen LogP contribution in [0.4, 0.5) is 5.69 Å². The number of nitro benzene ring substituents is 1.